The van der Waals surface area contributed by atoms with Crippen molar-refractivity contribution < 1.29 is 4.74 Å². The van der Waals surface area contributed by atoms with Gasteiger partial charge >= 0.3 is 0 Å². The van der Waals surface area contributed by atoms with Gasteiger partial charge in [0.15, 0.2) is 5.11 Å². The zero-order valence-corrected chi connectivity index (χ0v) is 20.3. The average Bonchev–Trinajstić information content (AvgIpc) is 3.36. The number of rotatable bonds is 6. The molecule has 3 aromatic heterocycles. The summed E-state index contributed by atoms with van der Waals surface area (Å²) < 4.78 is 7.71. The van der Waals surface area contributed by atoms with Crippen molar-refractivity contribution in [1.82, 2.24) is 19.9 Å². The fraction of sp³-hybridized carbons (Fsp3) is 0.222. The lowest BCUT2D eigenvalue weighted by Gasteiger charge is -2.28. The molecule has 1 aromatic carbocycles. The highest BCUT2D eigenvalue weighted by atomic mass is 32.1. The number of nitrogens with zero attached hydrogens (tertiary/aromatic N) is 4. The highest BCUT2D eigenvalue weighted by molar-refractivity contribution is 7.80. The molecule has 2 unspecified atom stereocenters. The lowest BCUT2D eigenvalue weighted by molar-refractivity contribution is 0.415. The van der Waals surface area contributed by atoms with E-state index < -0.39 is 0 Å². The van der Waals surface area contributed by atoms with Gasteiger partial charge in [-0.25, -0.2) is 0 Å². The van der Waals surface area contributed by atoms with Gasteiger partial charge in [-0.1, -0.05) is 12.1 Å². The summed E-state index contributed by atoms with van der Waals surface area (Å²) in [4.78, 5) is 11.2. The Morgan fingerprint density at radius 3 is 2.53 bits per heavy atom. The monoisotopic (exact) mass is 469 g/mol. The minimum absolute atomic E-state index is 0.0513. The van der Waals surface area contributed by atoms with E-state index >= 15 is 0 Å². The van der Waals surface area contributed by atoms with Crippen LogP contribution >= 0.6 is 12.2 Å². The highest BCUT2D eigenvalue weighted by Gasteiger charge is 2.42. The van der Waals surface area contributed by atoms with Gasteiger partial charge < -0.3 is 19.5 Å². The Bertz CT molecular complexity index is 1290. The molecule has 6 nitrogen and oxygen atoms in total. The number of pyridine rings is 2. The molecule has 0 amide bonds. The van der Waals surface area contributed by atoms with Crippen LogP contribution in [0.3, 0.4) is 0 Å². The molecule has 4 heterocycles. The molecule has 1 fully saturated rings. The van der Waals surface area contributed by atoms with Crippen LogP contribution in [0.5, 0.6) is 5.75 Å². The first-order chi connectivity index (χ1) is 16.6. The molecule has 0 aliphatic carbocycles. The molecular weight excluding hydrogens is 442 g/mol. The van der Waals surface area contributed by atoms with Crippen LogP contribution < -0.4 is 15.0 Å². The Morgan fingerprint density at radius 1 is 1.03 bits per heavy atom. The first kappa shape index (κ1) is 22.1. The van der Waals surface area contributed by atoms with Gasteiger partial charge in [0, 0.05) is 42.2 Å². The Hall–Kier alpha value is -3.71. The zero-order valence-electron chi connectivity index (χ0n) is 19.5. The second-order valence-corrected chi connectivity index (χ2v) is 8.86. The number of hydrogen-bond donors (Lipinski definition) is 1. The Balaban J connectivity index is 1.61. The molecule has 1 aliphatic rings. The second kappa shape index (κ2) is 9.27. The largest absolute Gasteiger partial charge is 0.497 e. The van der Waals surface area contributed by atoms with Gasteiger partial charge in [0.05, 0.1) is 24.9 Å². The van der Waals surface area contributed by atoms with Crippen LogP contribution in [0, 0.1) is 13.8 Å². The molecule has 5 rings (SSSR count). The van der Waals surface area contributed by atoms with E-state index in [4.69, 9.17) is 17.0 Å². The van der Waals surface area contributed by atoms with Gasteiger partial charge in [-0.3, -0.25) is 9.97 Å². The van der Waals surface area contributed by atoms with Crippen molar-refractivity contribution >= 4 is 23.0 Å². The molecule has 2 atom stereocenters. The maximum absolute atomic E-state index is 5.87. The number of ether oxygens (including phenoxy) is 1. The quantitative estimate of drug-likeness (QED) is 0.395. The number of nitrogens with one attached hydrogen (secondary N) is 1. The van der Waals surface area contributed by atoms with Crippen LogP contribution in [0.2, 0.25) is 0 Å². The molecule has 0 bridgehead atoms. The molecule has 1 N–H and O–H groups in total. The van der Waals surface area contributed by atoms with Crippen molar-refractivity contribution in [3.05, 3.63) is 107 Å². The van der Waals surface area contributed by atoms with Gasteiger partial charge in [0.1, 0.15) is 5.75 Å². The summed E-state index contributed by atoms with van der Waals surface area (Å²) in [5.41, 5.74) is 6.77. The summed E-state index contributed by atoms with van der Waals surface area (Å²) in [7, 11) is 1.67. The van der Waals surface area contributed by atoms with Gasteiger partial charge in [-0.15, -0.1) is 0 Å². The minimum Gasteiger partial charge on any atom is -0.497 e. The fourth-order valence-electron chi connectivity index (χ4n) is 4.74. The van der Waals surface area contributed by atoms with Crippen LogP contribution in [0.1, 0.15) is 40.3 Å². The third-order valence-electron chi connectivity index (χ3n) is 6.44. The molecule has 0 spiro atoms. The number of aryl methyl sites for hydroxylation is 1. The van der Waals surface area contributed by atoms with Crippen molar-refractivity contribution in [1.29, 1.82) is 0 Å². The number of hydrogen-bond acceptors (Lipinski definition) is 4. The van der Waals surface area contributed by atoms with E-state index in [-0.39, 0.29) is 12.1 Å². The van der Waals surface area contributed by atoms with E-state index in [0.717, 1.165) is 23.7 Å². The molecular formula is C27H27N5OS. The Kier molecular flexibility index (Phi) is 6.02. The average molecular weight is 470 g/mol. The Labute approximate surface area is 205 Å². The molecule has 4 aromatic rings. The first-order valence-corrected chi connectivity index (χ1v) is 11.7. The number of benzene rings is 1. The van der Waals surface area contributed by atoms with Crippen LogP contribution in [-0.2, 0) is 6.54 Å². The van der Waals surface area contributed by atoms with Crippen LogP contribution in [-0.4, -0.2) is 26.8 Å². The Morgan fingerprint density at radius 2 is 1.85 bits per heavy atom. The van der Waals surface area contributed by atoms with Crippen molar-refractivity contribution in [3.63, 3.8) is 0 Å². The lowest BCUT2D eigenvalue weighted by atomic mass is 9.96. The van der Waals surface area contributed by atoms with Gasteiger partial charge in [-0.05, 0) is 85.7 Å². The molecule has 1 aliphatic heterocycles. The summed E-state index contributed by atoms with van der Waals surface area (Å²) >= 11 is 5.87. The molecule has 0 radical (unpaired) electrons. The number of thiocarbonyl (C=S) groups is 1. The van der Waals surface area contributed by atoms with Crippen LogP contribution in [0.4, 0.5) is 5.69 Å². The smallest absolute Gasteiger partial charge is 0.174 e. The van der Waals surface area contributed by atoms with E-state index in [0.29, 0.717) is 5.11 Å². The third kappa shape index (κ3) is 4.03. The molecule has 0 saturated carbocycles. The van der Waals surface area contributed by atoms with Gasteiger partial charge in [0.2, 0.25) is 0 Å². The van der Waals surface area contributed by atoms with Crippen LogP contribution in [0.15, 0.2) is 79.3 Å². The number of anilines is 1. The van der Waals surface area contributed by atoms with E-state index in [2.05, 4.69) is 68.9 Å². The first-order valence-electron chi connectivity index (χ1n) is 11.3. The summed E-state index contributed by atoms with van der Waals surface area (Å²) in [6.07, 6.45) is 5.56. The normalized spacial score (nSPS) is 17.6. The fourth-order valence-corrected chi connectivity index (χ4v) is 5.08. The molecule has 172 valence electrons. The predicted molar refractivity (Wildman–Crippen MR) is 138 cm³/mol. The summed E-state index contributed by atoms with van der Waals surface area (Å²) in [5, 5.41) is 4.23. The van der Waals surface area contributed by atoms with Crippen molar-refractivity contribution in [3.8, 4) is 5.75 Å². The molecule has 7 heteroatoms. The van der Waals surface area contributed by atoms with Crippen LogP contribution in [0.25, 0.3) is 0 Å². The second-order valence-electron chi connectivity index (χ2n) is 8.47. The van der Waals surface area contributed by atoms with Gasteiger partial charge in [0.25, 0.3) is 0 Å². The van der Waals surface area contributed by atoms with E-state index in [9.17, 15) is 0 Å². The topological polar surface area (TPSA) is 55.2 Å². The summed E-state index contributed by atoms with van der Waals surface area (Å²) in [6, 6.07) is 20.3. The highest BCUT2D eigenvalue weighted by Crippen LogP contribution is 2.43. The van der Waals surface area contributed by atoms with Crippen molar-refractivity contribution in [2.75, 3.05) is 12.0 Å². The lowest BCUT2D eigenvalue weighted by Crippen LogP contribution is -2.29. The maximum atomic E-state index is 5.87. The van der Waals surface area contributed by atoms with Gasteiger partial charge in [-0.2, -0.15) is 0 Å². The molecule has 34 heavy (non-hydrogen) atoms. The number of aromatic nitrogens is 3. The van der Waals surface area contributed by atoms with E-state index in [1.54, 1.807) is 13.3 Å². The zero-order chi connectivity index (χ0) is 23.7. The van der Waals surface area contributed by atoms with Crippen molar-refractivity contribution in [2.45, 2.75) is 32.5 Å². The molecule has 1 saturated heterocycles. The predicted octanol–water partition coefficient (Wildman–Crippen LogP) is 5.13. The SMILES string of the molecule is COc1ccc(N2C(=S)NC(c3ccccn3)C2c2cc(C)n(Cc3cccnc3)c2C)cc1. The van der Waals surface area contributed by atoms with Crippen molar-refractivity contribution in [2.24, 2.45) is 0 Å². The maximum Gasteiger partial charge on any atom is 0.174 e. The number of methoxy groups -OCH3 is 1. The third-order valence-corrected chi connectivity index (χ3v) is 6.76. The summed E-state index contributed by atoms with van der Waals surface area (Å²) in [5.74, 6) is 0.814. The standard InChI is InChI=1S/C27H27N5OS/c1-18-15-23(19(2)31(18)17-20-7-6-13-28-16-20)26-25(24-8-4-5-14-29-24)30-27(34)32(26)21-9-11-22(33-3)12-10-21/h4-16,25-26H,17H2,1-3H3,(H,30,34). The van der Waals surface area contributed by atoms with E-state index in [1.165, 1.54) is 22.5 Å². The van der Waals surface area contributed by atoms with E-state index in [1.807, 2.05) is 42.7 Å². The summed E-state index contributed by atoms with van der Waals surface area (Å²) in [6.45, 7) is 5.11. The minimum atomic E-state index is -0.0804.